The number of carbonyl (C=O) groups is 4. The van der Waals surface area contributed by atoms with Crippen molar-refractivity contribution in [1.29, 1.82) is 0 Å². The fourth-order valence-electron chi connectivity index (χ4n) is 2.70. The molecule has 0 radical (unpaired) electrons. The van der Waals surface area contributed by atoms with E-state index in [1.807, 2.05) is 13.0 Å². The zero-order chi connectivity index (χ0) is 19.6. The number of aryl methyl sites for hydroxylation is 1. The number of benzene rings is 2. The number of amides is 3. The number of carboxylic acid groups (broad SMARTS) is 1. The summed E-state index contributed by atoms with van der Waals surface area (Å²) in [7, 11) is 0. The van der Waals surface area contributed by atoms with Crippen molar-refractivity contribution in [3.8, 4) is 0 Å². The van der Waals surface area contributed by atoms with Gasteiger partial charge in [-0.25, -0.2) is 9.69 Å². The second-order valence-corrected chi connectivity index (χ2v) is 7.18. The molecule has 1 saturated heterocycles. The molecular formula is C19H16N2O5S. The molecule has 3 amide bonds. The second kappa shape index (κ2) is 7.63. The van der Waals surface area contributed by atoms with Crippen molar-refractivity contribution >= 4 is 46.2 Å². The molecular weight excluding hydrogens is 368 g/mol. The molecule has 1 aliphatic heterocycles. The van der Waals surface area contributed by atoms with Crippen LogP contribution in [0.15, 0.2) is 48.5 Å². The SMILES string of the molecule is Cc1cccc(N2C(=O)SC(CC(=O)Nc3cccc(C(=O)O)c3)C2=O)c1. The van der Waals surface area contributed by atoms with Gasteiger partial charge in [0.15, 0.2) is 0 Å². The van der Waals surface area contributed by atoms with Crippen molar-refractivity contribution in [3.05, 3.63) is 59.7 Å². The standard InChI is InChI=1S/C19H16N2O5S/c1-11-4-2-7-14(8-11)21-17(23)15(27-19(21)26)10-16(22)20-13-6-3-5-12(9-13)18(24)25/h2-9,15H,10H2,1H3,(H,20,22)(H,24,25). The molecule has 1 heterocycles. The van der Waals surface area contributed by atoms with Gasteiger partial charge < -0.3 is 10.4 Å². The van der Waals surface area contributed by atoms with Gasteiger partial charge in [0, 0.05) is 12.1 Å². The van der Waals surface area contributed by atoms with Crippen LogP contribution in [-0.2, 0) is 9.59 Å². The smallest absolute Gasteiger partial charge is 0.335 e. The van der Waals surface area contributed by atoms with Crippen molar-refractivity contribution in [2.24, 2.45) is 0 Å². The topological polar surface area (TPSA) is 104 Å². The average molecular weight is 384 g/mol. The summed E-state index contributed by atoms with van der Waals surface area (Å²) in [6.45, 7) is 1.86. The van der Waals surface area contributed by atoms with Crippen LogP contribution in [0.4, 0.5) is 16.2 Å². The van der Waals surface area contributed by atoms with E-state index in [0.29, 0.717) is 11.4 Å². The molecule has 1 aliphatic rings. The van der Waals surface area contributed by atoms with Gasteiger partial charge in [0.05, 0.1) is 11.3 Å². The van der Waals surface area contributed by atoms with E-state index in [2.05, 4.69) is 5.32 Å². The number of hydrogen-bond donors (Lipinski definition) is 2. The number of thioether (sulfide) groups is 1. The molecule has 2 N–H and O–H groups in total. The monoisotopic (exact) mass is 384 g/mol. The van der Waals surface area contributed by atoms with Crippen molar-refractivity contribution in [2.45, 2.75) is 18.6 Å². The summed E-state index contributed by atoms with van der Waals surface area (Å²) in [5.74, 6) is -2.01. The fraction of sp³-hybridized carbons (Fsp3) is 0.158. The van der Waals surface area contributed by atoms with E-state index in [-0.39, 0.29) is 12.0 Å². The number of hydrogen-bond acceptors (Lipinski definition) is 5. The van der Waals surface area contributed by atoms with Crippen molar-refractivity contribution < 1.29 is 24.3 Å². The maximum atomic E-state index is 12.6. The van der Waals surface area contributed by atoms with E-state index >= 15 is 0 Å². The number of carboxylic acids is 1. The Morgan fingerprint density at radius 3 is 2.59 bits per heavy atom. The summed E-state index contributed by atoms with van der Waals surface area (Å²) < 4.78 is 0. The van der Waals surface area contributed by atoms with Gasteiger partial charge in [0.2, 0.25) is 11.8 Å². The van der Waals surface area contributed by atoms with Crippen LogP contribution < -0.4 is 10.2 Å². The molecule has 0 bridgehead atoms. The number of nitrogens with zero attached hydrogens (tertiary/aromatic N) is 1. The first kappa shape index (κ1) is 18.7. The number of imide groups is 1. The Balaban J connectivity index is 1.68. The molecule has 1 unspecified atom stereocenters. The second-order valence-electron chi connectivity index (χ2n) is 6.02. The lowest BCUT2D eigenvalue weighted by Crippen LogP contribution is -2.33. The Bertz CT molecular complexity index is 943. The molecule has 2 aromatic rings. The number of carbonyl (C=O) groups excluding carboxylic acids is 3. The summed E-state index contributed by atoms with van der Waals surface area (Å²) in [5, 5.41) is 10.3. The minimum absolute atomic E-state index is 0.0416. The highest BCUT2D eigenvalue weighted by molar-refractivity contribution is 8.15. The number of anilines is 2. The van der Waals surface area contributed by atoms with Crippen LogP contribution in [0, 0.1) is 6.92 Å². The van der Waals surface area contributed by atoms with E-state index in [1.54, 1.807) is 24.3 Å². The highest BCUT2D eigenvalue weighted by atomic mass is 32.2. The van der Waals surface area contributed by atoms with Crippen LogP contribution in [0.3, 0.4) is 0 Å². The minimum atomic E-state index is -1.10. The first-order valence-corrected chi connectivity index (χ1v) is 8.97. The maximum absolute atomic E-state index is 12.6. The predicted octanol–water partition coefficient (Wildman–Crippen LogP) is 3.29. The van der Waals surface area contributed by atoms with Gasteiger partial charge in [0.25, 0.3) is 5.24 Å². The van der Waals surface area contributed by atoms with Gasteiger partial charge in [-0.3, -0.25) is 14.4 Å². The van der Waals surface area contributed by atoms with E-state index in [0.717, 1.165) is 22.2 Å². The molecule has 8 heteroatoms. The van der Waals surface area contributed by atoms with Gasteiger partial charge >= 0.3 is 5.97 Å². The van der Waals surface area contributed by atoms with E-state index in [9.17, 15) is 19.2 Å². The quantitative estimate of drug-likeness (QED) is 0.820. The first-order chi connectivity index (χ1) is 12.8. The predicted molar refractivity (Wildman–Crippen MR) is 102 cm³/mol. The van der Waals surface area contributed by atoms with Crippen molar-refractivity contribution in [1.82, 2.24) is 0 Å². The van der Waals surface area contributed by atoms with Crippen LogP contribution in [-0.4, -0.2) is 33.4 Å². The molecule has 138 valence electrons. The Labute approximate surface area is 159 Å². The van der Waals surface area contributed by atoms with Crippen molar-refractivity contribution in [2.75, 3.05) is 10.2 Å². The third-order valence-electron chi connectivity index (χ3n) is 3.95. The van der Waals surface area contributed by atoms with E-state index in [1.165, 1.54) is 18.2 Å². The Morgan fingerprint density at radius 1 is 1.15 bits per heavy atom. The summed E-state index contributed by atoms with van der Waals surface area (Å²) >= 11 is 0.812. The first-order valence-electron chi connectivity index (χ1n) is 8.09. The molecule has 3 rings (SSSR count). The van der Waals surface area contributed by atoms with E-state index in [4.69, 9.17) is 5.11 Å². The molecule has 0 aromatic heterocycles. The number of aromatic carboxylic acids is 1. The van der Waals surface area contributed by atoms with Gasteiger partial charge in [-0.05, 0) is 54.6 Å². The summed E-state index contributed by atoms with van der Waals surface area (Å²) in [5.41, 5.74) is 1.75. The number of nitrogens with one attached hydrogen (secondary N) is 1. The highest BCUT2D eigenvalue weighted by Crippen LogP contribution is 2.33. The fourth-order valence-corrected chi connectivity index (χ4v) is 3.68. The van der Waals surface area contributed by atoms with Crippen LogP contribution in [0.1, 0.15) is 22.3 Å². The molecule has 2 aromatic carbocycles. The molecule has 27 heavy (non-hydrogen) atoms. The van der Waals surface area contributed by atoms with Gasteiger partial charge in [-0.15, -0.1) is 0 Å². The van der Waals surface area contributed by atoms with Crippen LogP contribution in [0.5, 0.6) is 0 Å². The van der Waals surface area contributed by atoms with Gasteiger partial charge in [-0.2, -0.15) is 0 Å². The summed E-state index contributed by atoms with van der Waals surface area (Å²) in [4.78, 5) is 49.1. The van der Waals surface area contributed by atoms with Gasteiger partial charge in [0.1, 0.15) is 5.25 Å². The van der Waals surface area contributed by atoms with Crippen molar-refractivity contribution in [3.63, 3.8) is 0 Å². The Kier molecular flexibility index (Phi) is 5.27. The lowest BCUT2D eigenvalue weighted by molar-refractivity contribution is -0.121. The lowest BCUT2D eigenvalue weighted by atomic mass is 10.2. The van der Waals surface area contributed by atoms with Crippen LogP contribution >= 0.6 is 11.8 Å². The van der Waals surface area contributed by atoms with Gasteiger partial charge in [-0.1, -0.05) is 18.2 Å². The molecule has 0 aliphatic carbocycles. The zero-order valence-corrected chi connectivity index (χ0v) is 15.2. The normalized spacial score (nSPS) is 16.5. The van der Waals surface area contributed by atoms with Crippen LogP contribution in [0.2, 0.25) is 0 Å². The lowest BCUT2D eigenvalue weighted by Gasteiger charge is -2.14. The summed E-state index contributed by atoms with van der Waals surface area (Å²) in [6.07, 6.45) is -0.186. The number of rotatable bonds is 5. The third-order valence-corrected chi connectivity index (χ3v) is 4.98. The Hall–Kier alpha value is -3.13. The molecule has 7 nitrogen and oxygen atoms in total. The average Bonchev–Trinajstić information content (AvgIpc) is 2.88. The largest absolute Gasteiger partial charge is 0.478 e. The molecule has 0 spiro atoms. The summed E-state index contributed by atoms with van der Waals surface area (Å²) in [6, 6.07) is 12.8. The van der Waals surface area contributed by atoms with E-state index < -0.39 is 28.3 Å². The highest BCUT2D eigenvalue weighted by Gasteiger charge is 2.41. The maximum Gasteiger partial charge on any atom is 0.335 e. The van der Waals surface area contributed by atoms with Crippen LogP contribution in [0.25, 0.3) is 0 Å². The molecule has 1 atom stereocenters. The minimum Gasteiger partial charge on any atom is -0.478 e. The molecule has 1 fully saturated rings. The molecule has 0 saturated carbocycles. The third kappa shape index (κ3) is 4.17. The Morgan fingerprint density at radius 2 is 1.89 bits per heavy atom. The zero-order valence-electron chi connectivity index (χ0n) is 14.3.